The molecule has 0 saturated carbocycles. The summed E-state index contributed by atoms with van der Waals surface area (Å²) in [6.07, 6.45) is 3.57. The summed E-state index contributed by atoms with van der Waals surface area (Å²) < 4.78 is 0. The van der Waals surface area contributed by atoms with Gasteiger partial charge in [-0.3, -0.25) is 10.1 Å². The predicted octanol–water partition coefficient (Wildman–Crippen LogP) is 3.06. The van der Waals surface area contributed by atoms with Gasteiger partial charge in [-0.1, -0.05) is 30.3 Å². The number of carbonyl (C=O) groups excluding carboxylic acids is 1. The van der Waals surface area contributed by atoms with Crippen molar-refractivity contribution in [2.24, 2.45) is 5.92 Å². The Morgan fingerprint density at radius 2 is 1.96 bits per heavy atom. The fraction of sp³-hybridized carbons (Fsp3) is 0.353. The maximum atomic E-state index is 12.2. The summed E-state index contributed by atoms with van der Waals surface area (Å²) in [5.74, 6) is -1.12. The number of benzene rings is 1. The number of carboxylic acids is 1. The number of aliphatic carboxylic acids is 1. The van der Waals surface area contributed by atoms with Crippen LogP contribution in [-0.4, -0.2) is 40.1 Å². The first-order chi connectivity index (χ1) is 11.6. The Bertz CT molecular complexity index is 709. The minimum absolute atomic E-state index is 0.209. The molecule has 6 nitrogen and oxygen atoms in total. The number of carboxylic acid groups (broad SMARTS) is 1. The number of hydrogen-bond acceptors (Lipinski definition) is 4. The molecular formula is C17H19N3O3S. The number of nitrogens with zero attached hydrogens (tertiary/aromatic N) is 2. The Labute approximate surface area is 144 Å². The summed E-state index contributed by atoms with van der Waals surface area (Å²) in [5.41, 5.74) is 1.20. The minimum Gasteiger partial charge on any atom is -0.481 e. The van der Waals surface area contributed by atoms with Crippen LogP contribution in [-0.2, 0) is 11.2 Å². The number of rotatable bonds is 4. The van der Waals surface area contributed by atoms with Crippen LogP contribution in [0.4, 0.5) is 9.93 Å². The van der Waals surface area contributed by atoms with E-state index in [2.05, 4.69) is 22.4 Å². The molecule has 0 aliphatic carbocycles. The van der Waals surface area contributed by atoms with Crippen molar-refractivity contribution in [2.45, 2.75) is 19.3 Å². The lowest BCUT2D eigenvalue weighted by molar-refractivity contribution is -0.143. The second kappa shape index (κ2) is 7.44. The van der Waals surface area contributed by atoms with E-state index in [1.807, 2.05) is 18.2 Å². The highest BCUT2D eigenvalue weighted by molar-refractivity contribution is 7.15. The number of amides is 2. The highest BCUT2D eigenvalue weighted by Gasteiger charge is 2.27. The van der Waals surface area contributed by atoms with Crippen LogP contribution in [0.1, 0.15) is 23.3 Å². The van der Waals surface area contributed by atoms with Gasteiger partial charge >= 0.3 is 12.0 Å². The molecule has 1 aromatic carbocycles. The van der Waals surface area contributed by atoms with E-state index in [9.17, 15) is 9.59 Å². The average molecular weight is 345 g/mol. The molecule has 2 heterocycles. The minimum atomic E-state index is -0.777. The first-order valence-corrected chi connectivity index (χ1v) is 8.71. The third-order valence-corrected chi connectivity index (χ3v) is 5.03. The maximum Gasteiger partial charge on any atom is 0.323 e. The van der Waals surface area contributed by atoms with E-state index in [0.717, 1.165) is 11.3 Å². The normalized spacial score (nSPS) is 15.2. The summed E-state index contributed by atoms with van der Waals surface area (Å²) in [7, 11) is 0. The van der Waals surface area contributed by atoms with E-state index >= 15 is 0 Å². The van der Waals surface area contributed by atoms with Gasteiger partial charge < -0.3 is 10.0 Å². The Balaban J connectivity index is 1.53. The van der Waals surface area contributed by atoms with Crippen molar-refractivity contribution in [3.63, 3.8) is 0 Å². The lowest BCUT2D eigenvalue weighted by Gasteiger charge is -2.29. The number of urea groups is 1. The van der Waals surface area contributed by atoms with Gasteiger partial charge in [0.25, 0.3) is 0 Å². The number of thiazole rings is 1. The quantitative estimate of drug-likeness (QED) is 0.892. The first-order valence-electron chi connectivity index (χ1n) is 7.89. The molecule has 1 fully saturated rings. The van der Waals surface area contributed by atoms with Gasteiger partial charge in [0.05, 0.1) is 5.92 Å². The number of nitrogens with one attached hydrogen (secondary N) is 1. The fourth-order valence-corrected chi connectivity index (χ4v) is 3.58. The molecule has 1 aromatic heterocycles. The number of likely N-dealkylation sites (tertiary alicyclic amines) is 1. The molecule has 2 N–H and O–H groups in total. The number of piperidine rings is 1. The molecule has 0 spiro atoms. The van der Waals surface area contributed by atoms with E-state index in [4.69, 9.17) is 5.11 Å². The molecule has 126 valence electrons. The molecular weight excluding hydrogens is 326 g/mol. The van der Waals surface area contributed by atoms with Crippen molar-refractivity contribution in [3.05, 3.63) is 47.0 Å². The molecule has 0 bridgehead atoms. The molecule has 0 unspecified atom stereocenters. The van der Waals surface area contributed by atoms with Crippen LogP contribution < -0.4 is 5.32 Å². The molecule has 2 aromatic rings. The molecule has 1 aliphatic rings. The summed E-state index contributed by atoms with van der Waals surface area (Å²) >= 11 is 1.46. The molecule has 1 saturated heterocycles. The highest BCUT2D eigenvalue weighted by Crippen LogP contribution is 2.23. The summed E-state index contributed by atoms with van der Waals surface area (Å²) in [5, 5.41) is 12.4. The average Bonchev–Trinajstić information content (AvgIpc) is 3.02. The monoisotopic (exact) mass is 345 g/mol. The summed E-state index contributed by atoms with van der Waals surface area (Å²) in [4.78, 5) is 30.2. The highest BCUT2D eigenvalue weighted by atomic mass is 32.1. The zero-order chi connectivity index (χ0) is 16.9. The van der Waals surface area contributed by atoms with Gasteiger partial charge in [-0.25, -0.2) is 9.78 Å². The summed E-state index contributed by atoms with van der Waals surface area (Å²) in [6, 6.07) is 9.89. The molecule has 3 rings (SSSR count). The van der Waals surface area contributed by atoms with Gasteiger partial charge in [-0.05, 0) is 18.4 Å². The Morgan fingerprint density at radius 3 is 2.62 bits per heavy atom. The van der Waals surface area contributed by atoms with E-state index < -0.39 is 5.97 Å². The fourth-order valence-electron chi connectivity index (χ4n) is 2.74. The smallest absolute Gasteiger partial charge is 0.323 e. The zero-order valence-corrected chi connectivity index (χ0v) is 14.0. The van der Waals surface area contributed by atoms with Crippen molar-refractivity contribution in [3.8, 4) is 0 Å². The van der Waals surface area contributed by atoms with Gasteiger partial charge in [0.1, 0.15) is 0 Å². The number of aromatic nitrogens is 1. The second-order valence-electron chi connectivity index (χ2n) is 5.82. The van der Waals surface area contributed by atoms with Crippen LogP contribution in [0.2, 0.25) is 0 Å². The van der Waals surface area contributed by atoms with Crippen LogP contribution in [0, 0.1) is 5.92 Å². The van der Waals surface area contributed by atoms with Crippen molar-refractivity contribution < 1.29 is 14.7 Å². The van der Waals surface area contributed by atoms with Crippen molar-refractivity contribution in [2.75, 3.05) is 18.4 Å². The second-order valence-corrected chi connectivity index (χ2v) is 6.94. The van der Waals surface area contributed by atoms with Gasteiger partial charge in [0.2, 0.25) is 0 Å². The van der Waals surface area contributed by atoms with Gasteiger partial charge in [0, 0.05) is 30.6 Å². The molecule has 0 atom stereocenters. The van der Waals surface area contributed by atoms with E-state index in [1.165, 1.54) is 16.9 Å². The Hall–Kier alpha value is -2.41. The van der Waals surface area contributed by atoms with Gasteiger partial charge in [-0.15, -0.1) is 11.3 Å². The Kier molecular flexibility index (Phi) is 5.10. The number of hydrogen-bond donors (Lipinski definition) is 2. The zero-order valence-electron chi connectivity index (χ0n) is 13.1. The van der Waals surface area contributed by atoms with Crippen LogP contribution in [0.3, 0.4) is 0 Å². The first kappa shape index (κ1) is 16.4. The SMILES string of the molecule is O=C(O)C1CCN(C(=O)Nc2ncc(Cc3ccccc3)s2)CC1. The maximum absolute atomic E-state index is 12.2. The molecule has 2 amide bonds. The van der Waals surface area contributed by atoms with E-state index in [-0.39, 0.29) is 11.9 Å². The van der Waals surface area contributed by atoms with E-state index in [1.54, 1.807) is 11.1 Å². The third kappa shape index (κ3) is 4.11. The van der Waals surface area contributed by atoms with Crippen LogP contribution in [0.25, 0.3) is 0 Å². The standard InChI is InChI=1S/C17H19N3O3S/c21-15(22)13-6-8-20(9-7-13)17(23)19-16-18-11-14(24-16)10-12-4-2-1-3-5-12/h1-5,11,13H,6-10H2,(H,21,22)(H,18,19,23). The molecule has 7 heteroatoms. The molecule has 1 aliphatic heterocycles. The largest absolute Gasteiger partial charge is 0.481 e. The lowest BCUT2D eigenvalue weighted by atomic mass is 9.97. The van der Waals surface area contributed by atoms with Crippen molar-refractivity contribution in [1.82, 2.24) is 9.88 Å². The van der Waals surface area contributed by atoms with Crippen LogP contribution >= 0.6 is 11.3 Å². The van der Waals surface area contributed by atoms with Crippen molar-refractivity contribution in [1.29, 1.82) is 0 Å². The van der Waals surface area contributed by atoms with Crippen LogP contribution in [0.5, 0.6) is 0 Å². The van der Waals surface area contributed by atoms with E-state index in [0.29, 0.717) is 31.1 Å². The molecule has 24 heavy (non-hydrogen) atoms. The predicted molar refractivity (Wildman–Crippen MR) is 92.3 cm³/mol. The third-order valence-electron chi connectivity index (χ3n) is 4.12. The molecule has 0 radical (unpaired) electrons. The summed E-state index contributed by atoms with van der Waals surface area (Å²) in [6.45, 7) is 0.927. The Morgan fingerprint density at radius 1 is 1.25 bits per heavy atom. The number of carbonyl (C=O) groups is 2. The van der Waals surface area contributed by atoms with Gasteiger partial charge in [-0.2, -0.15) is 0 Å². The van der Waals surface area contributed by atoms with Gasteiger partial charge in [0.15, 0.2) is 5.13 Å². The lowest BCUT2D eigenvalue weighted by Crippen LogP contribution is -2.42. The number of anilines is 1. The van der Waals surface area contributed by atoms with Crippen LogP contribution in [0.15, 0.2) is 36.5 Å². The van der Waals surface area contributed by atoms with Crippen molar-refractivity contribution >= 4 is 28.5 Å². The topological polar surface area (TPSA) is 82.5 Å².